The molecule has 4 nitrogen and oxygen atoms in total. The van der Waals surface area contributed by atoms with Crippen molar-refractivity contribution >= 4 is 35.2 Å². The van der Waals surface area contributed by atoms with E-state index in [0.29, 0.717) is 29.5 Å². The van der Waals surface area contributed by atoms with Crippen LogP contribution in [-0.4, -0.2) is 34.6 Å². The van der Waals surface area contributed by atoms with Gasteiger partial charge < -0.3 is 10.2 Å². The third kappa shape index (κ3) is 7.37. The maximum Gasteiger partial charge on any atom is 0.243 e. The van der Waals surface area contributed by atoms with Gasteiger partial charge in [-0.25, -0.2) is 0 Å². The number of carbonyl (C=O) groups excluding carboxylic acids is 2. The molecule has 0 aliphatic heterocycles. The van der Waals surface area contributed by atoms with Gasteiger partial charge in [0.05, 0.1) is 5.75 Å². The zero-order chi connectivity index (χ0) is 22.1. The molecule has 0 spiro atoms. The summed E-state index contributed by atoms with van der Waals surface area (Å²) in [6, 6.07) is 15.3. The minimum atomic E-state index is -0.498. The molecule has 1 unspecified atom stereocenters. The lowest BCUT2D eigenvalue weighted by Gasteiger charge is -2.31. The maximum atomic E-state index is 13.2. The Kier molecular flexibility index (Phi) is 9.73. The van der Waals surface area contributed by atoms with Crippen molar-refractivity contribution in [3.8, 4) is 0 Å². The number of aryl methyl sites for hydroxylation is 1. The van der Waals surface area contributed by atoms with Gasteiger partial charge in [0.2, 0.25) is 11.8 Å². The van der Waals surface area contributed by atoms with Gasteiger partial charge in [-0.2, -0.15) is 0 Å². The first-order valence-corrected chi connectivity index (χ1v) is 11.8. The molecule has 2 amide bonds. The number of nitrogens with zero attached hydrogens (tertiary/aromatic N) is 1. The lowest BCUT2D eigenvalue weighted by atomic mass is 10.1. The number of halogens is 1. The molecule has 1 atom stereocenters. The number of amides is 2. The molecule has 0 aliphatic rings. The molecule has 0 aromatic heterocycles. The van der Waals surface area contributed by atoms with E-state index in [9.17, 15) is 9.59 Å². The molecular formula is C24H31ClN2O2S. The van der Waals surface area contributed by atoms with E-state index in [1.54, 1.807) is 4.90 Å². The van der Waals surface area contributed by atoms with Crippen molar-refractivity contribution in [1.82, 2.24) is 10.2 Å². The van der Waals surface area contributed by atoms with Gasteiger partial charge in [-0.3, -0.25) is 9.59 Å². The highest BCUT2D eigenvalue weighted by molar-refractivity contribution is 7.99. The predicted molar refractivity (Wildman–Crippen MR) is 127 cm³/mol. The summed E-state index contributed by atoms with van der Waals surface area (Å²) in [5.41, 5.74) is 3.18. The monoisotopic (exact) mass is 446 g/mol. The molecule has 0 saturated heterocycles. The first-order chi connectivity index (χ1) is 14.3. The second-order valence-corrected chi connectivity index (χ2v) is 9.07. The predicted octanol–water partition coefficient (Wildman–Crippen LogP) is 5.21. The summed E-state index contributed by atoms with van der Waals surface area (Å²) in [4.78, 5) is 27.7. The lowest BCUT2D eigenvalue weighted by Crippen LogP contribution is -2.50. The van der Waals surface area contributed by atoms with Crippen LogP contribution < -0.4 is 5.32 Å². The molecule has 0 saturated carbocycles. The van der Waals surface area contributed by atoms with Crippen LogP contribution in [0, 0.1) is 6.92 Å². The standard InChI is InChI=1S/C24H31ClN2O2S/c1-5-22(24(29)26-17(2)3)27(14-19-12-10-18(4)11-13-19)23(28)16-30-15-20-8-6-7-9-21(20)25/h6-13,17,22H,5,14-16H2,1-4H3,(H,26,29). The number of hydrogen-bond donors (Lipinski definition) is 1. The van der Waals surface area contributed by atoms with Crippen LogP contribution in [-0.2, 0) is 21.9 Å². The summed E-state index contributed by atoms with van der Waals surface area (Å²) in [5.74, 6) is 0.795. The number of hydrogen-bond acceptors (Lipinski definition) is 3. The van der Waals surface area contributed by atoms with Crippen LogP contribution in [0.2, 0.25) is 5.02 Å². The molecule has 1 N–H and O–H groups in total. The fraction of sp³-hybridized carbons (Fsp3) is 0.417. The molecule has 30 heavy (non-hydrogen) atoms. The van der Waals surface area contributed by atoms with Crippen LogP contribution in [0.15, 0.2) is 48.5 Å². The van der Waals surface area contributed by atoms with E-state index in [0.717, 1.165) is 16.7 Å². The lowest BCUT2D eigenvalue weighted by molar-refractivity contribution is -0.139. The Morgan fingerprint density at radius 2 is 1.77 bits per heavy atom. The molecule has 162 valence electrons. The van der Waals surface area contributed by atoms with Crippen LogP contribution in [0.5, 0.6) is 0 Å². The molecule has 0 heterocycles. The van der Waals surface area contributed by atoms with Crippen LogP contribution in [0.3, 0.4) is 0 Å². The van der Waals surface area contributed by atoms with E-state index in [1.165, 1.54) is 11.8 Å². The summed E-state index contributed by atoms with van der Waals surface area (Å²) in [6.07, 6.45) is 0.561. The van der Waals surface area contributed by atoms with Gasteiger partial charge in [-0.1, -0.05) is 66.6 Å². The zero-order valence-corrected chi connectivity index (χ0v) is 19.7. The third-order valence-corrected chi connectivity index (χ3v) is 6.07. The minimum absolute atomic E-state index is 0.0254. The van der Waals surface area contributed by atoms with Crippen LogP contribution in [0.1, 0.15) is 43.9 Å². The molecule has 6 heteroatoms. The smallest absolute Gasteiger partial charge is 0.243 e. The first-order valence-electron chi connectivity index (χ1n) is 10.3. The van der Waals surface area contributed by atoms with Crippen molar-refractivity contribution in [3.05, 3.63) is 70.2 Å². The molecule has 2 rings (SSSR count). The van der Waals surface area contributed by atoms with Crippen LogP contribution in [0.4, 0.5) is 0 Å². The SMILES string of the molecule is CCC(C(=O)NC(C)C)N(Cc1ccc(C)cc1)C(=O)CSCc1ccccc1Cl. The van der Waals surface area contributed by atoms with E-state index >= 15 is 0 Å². The second kappa shape index (κ2) is 12.0. The molecule has 0 bridgehead atoms. The Morgan fingerprint density at radius 3 is 2.37 bits per heavy atom. The minimum Gasteiger partial charge on any atom is -0.352 e. The van der Waals surface area contributed by atoms with Crippen molar-refractivity contribution < 1.29 is 9.59 Å². The van der Waals surface area contributed by atoms with E-state index < -0.39 is 6.04 Å². The average molecular weight is 447 g/mol. The summed E-state index contributed by atoms with van der Waals surface area (Å²) in [7, 11) is 0. The number of rotatable bonds is 10. The van der Waals surface area contributed by atoms with Crippen molar-refractivity contribution in [2.24, 2.45) is 0 Å². The highest BCUT2D eigenvalue weighted by Crippen LogP contribution is 2.22. The Balaban J connectivity index is 2.13. The number of nitrogens with one attached hydrogen (secondary N) is 1. The number of carbonyl (C=O) groups is 2. The van der Waals surface area contributed by atoms with Crippen molar-refractivity contribution in [3.63, 3.8) is 0 Å². The Bertz CT molecular complexity index is 839. The fourth-order valence-electron chi connectivity index (χ4n) is 3.14. The highest BCUT2D eigenvalue weighted by Gasteiger charge is 2.28. The maximum absolute atomic E-state index is 13.2. The summed E-state index contributed by atoms with van der Waals surface area (Å²) >= 11 is 7.74. The second-order valence-electron chi connectivity index (χ2n) is 7.68. The summed E-state index contributed by atoms with van der Waals surface area (Å²) < 4.78 is 0. The topological polar surface area (TPSA) is 49.4 Å². The van der Waals surface area contributed by atoms with Gasteiger partial charge >= 0.3 is 0 Å². The van der Waals surface area contributed by atoms with Gasteiger partial charge in [0.15, 0.2) is 0 Å². The van der Waals surface area contributed by atoms with E-state index in [4.69, 9.17) is 11.6 Å². The fourth-order valence-corrected chi connectivity index (χ4v) is 4.33. The average Bonchev–Trinajstić information content (AvgIpc) is 2.70. The Morgan fingerprint density at radius 1 is 1.10 bits per heavy atom. The van der Waals surface area contributed by atoms with Crippen LogP contribution in [0.25, 0.3) is 0 Å². The van der Waals surface area contributed by atoms with Crippen molar-refractivity contribution in [2.75, 3.05) is 5.75 Å². The van der Waals surface area contributed by atoms with Gasteiger partial charge in [0.25, 0.3) is 0 Å². The third-order valence-electron chi connectivity index (χ3n) is 4.73. The largest absolute Gasteiger partial charge is 0.352 e. The Labute approximate surface area is 189 Å². The molecule has 2 aromatic rings. The number of benzene rings is 2. The highest BCUT2D eigenvalue weighted by atomic mass is 35.5. The van der Waals surface area contributed by atoms with Crippen LogP contribution >= 0.6 is 23.4 Å². The normalized spacial score (nSPS) is 11.9. The van der Waals surface area contributed by atoms with Crippen molar-refractivity contribution in [1.29, 1.82) is 0 Å². The molecule has 0 radical (unpaired) electrons. The van der Waals surface area contributed by atoms with E-state index in [-0.39, 0.29) is 17.9 Å². The molecule has 2 aromatic carbocycles. The first kappa shape index (κ1) is 24.3. The molecule has 0 fully saturated rings. The van der Waals surface area contributed by atoms with E-state index in [2.05, 4.69) is 5.32 Å². The van der Waals surface area contributed by atoms with Crippen molar-refractivity contribution in [2.45, 2.75) is 58.5 Å². The quantitative estimate of drug-likeness (QED) is 0.544. The zero-order valence-electron chi connectivity index (χ0n) is 18.2. The molecule has 0 aliphatic carbocycles. The molecular weight excluding hydrogens is 416 g/mol. The van der Waals surface area contributed by atoms with E-state index in [1.807, 2.05) is 76.2 Å². The Hall–Kier alpha value is -1.98. The summed E-state index contributed by atoms with van der Waals surface area (Å²) in [6.45, 7) is 8.24. The summed E-state index contributed by atoms with van der Waals surface area (Å²) in [5, 5.41) is 3.66. The van der Waals surface area contributed by atoms with Gasteiger partial charge in [-0.15, -0.1) is 11.8 Å². The van der Waals surface area contributed by atoms with Gasteiger partial charge in [0, 0.05) is 23.4 Å². The van der Waals surface area contributed by atoms with Gasteiger partial charge in [-0.05, 0) is 44.4 Å². The number of thioether (sulfide) groups is 1. The van der Waals surface area contributed by atoms with Gasteiger partial charge in [0.1, 0.15) is 6.04 Å².